The Morgan fingerprint density at radius 1 is 1.43 bits per heavy atom. The molecule has 1 aromatic carbocycles. The molecule has 0 aromatic heterocycles. The summed E-state index contributed by atoms with van der Waals surface area (Å²) in [5, 5.41) is 8.93. The van der Waals surface area contributed by atoms with Crippen molar-refractivity contribution in [2.75, 3.05) is 6.61 Å². The summed E-state index contributed by atoms with van der Waals surface area (Å²) in [5.74, 6) is -0.215. The molecular weight excluding hydrogens is 204 g/mol. The fourth-order valence-corrected chi connectivity index (χ4v) is 1.16. The lowest BCUT2D eigenvalue weighted by Gasteiger charge is -2.06. The van der Waals surface area contributed by atoms with Crippen molar-refractivity contribution in [3.05, 3.63) is 29.3 Å². The molecule has 0 radical (unpaired) electrons. The van der Waals surface area contributed by atoms with E-state index in [1.165, 1.54) is 0 Å². The molecule has 0 unspecified atom stereocenters. The van der Waals surface area contributed by atoms with E-state index in [-0.39, 0.29) is 6.42 Å². The lowest BCUT2D eigenvalue weighted by molar-refractivity contribution is -0.137. The maximum absolute atomic E-state index is 10.2. The van der Waals surface area contributed by atoms with Crippen LogP contribution in [0.15, 0.2) is 24.3 Å². The minimum Gasteiger partial charge on any atom is -0.492 e. The maximum Gasteiger partial charge on any atom is 0.303 e. The monoisotopic (exact) mass is 214 g/mol. The molecule has 14 heavy (non-hydrogen) atoms. The largest absolute Gasteiger partial charge is 0.492 e. The van der Waals surface area contributed by atoms with Gasteiger partial charge in [0.05, 0.1) is 11.6 Å². The van der Waals surface area contributed by atoms with Crippen LogP contribution in [0.25, 0.3) is 0 Å². The standard InChI is InChI=1S/C10H11ClO3/c11-8-4-1-2-5-9(8)14-7-3-6-10(12)13/h1-2,4-5H,3,6-7H2,(H,12,13). The Labute approximate surface area is 87.3 Å². The van der Waals surface area contributed by atoms with Gasteiger partial charge in [-0.3, -0.25) is 4.79 Å². The molecule has 0 heterocycles. The molecule has 0 saturated carbocycles. The summed E-state index contributed by atoms with van der Waals surface area (Å²) in [6.07, 6.45) is 0.602. The third-order valence-corrected chi connectivity index (χ3v) is 1.94. The second-order valence-electron chi connectivity index (χ2n) is 2.78. The van der Waals surface area contributed by atoms with Crippen LogP contribution < -0.4 is 4.74 Å². The summed E-state index contributed by atoms with van der Waals surface area (Å²) in [7, 11) is 0. The number of aliphatic carboxylic acids is 1. The fourth-order valence-electron chi connectivity index (χ4n) is 0.967. The molecule has 4 heteroatoms. The Hall–Kier alpha value is -1.22. The number of ether oxygens (including phenoxy) is 1. The number of hydrogen-bond acceptors (Lipinski definition) is 2. The van der Waals surface area contributed by atoms with E-state index in [1.807, 2.05) is 12.1 Å². The predicted octanol–water partition coefficient (Wildman–Crippen LogP) is 2.58. The fraction of sp³-hybridized carbons (Fsp3) is 0.300. The Morgan fingerprint density at radius 3 is 2.79 bits per heavy atom. The van der Waals surface area contributed by atoms with Crippen LogP contribution in [0.5, 0.6) is 5.75 Å². The van der Waals surface area contributed by atoms with Crippen molar-refractivity contribution in [2.45, 2.75) is 12.8 Å². The summed E-state index contributed by atoms with van der Waals surface area (Å²) in [6, 6.07) is 7.11. The number of carboxylic acid groups (broad SMARTS) is 1. The van der Waals surface area contributed by atoms with Crippen molar-refractivity contribution in [3.8, 4) is 5.75 Å². The first-order valence-electron chi connectivity index (χ1n) is 4.29. The van der Waals surface area contributed by atoms with Crippen molar-refractivity contribution >= 4 is 17.6 Å². The normalized spacial score (nSPS) is 9.79. The molecule has 0 aliphatic carbocycles. The van der Waals surface area contributed by atoms with E-state index in [0.717, 1.165) is 0 Å². The molecule has 3 nitrogen and oxygen atoms in total. The van der Waals surface area contributed by atoms with Gasteiger partial charge in [-0.1, -0.05) is 23.7 Å². The maximum atomic E-state index is 10.2. The Kier molecular flexibility index (Phi) is 4.26. The highest BCUT2D eigenvalue weighted by molar-refractivity contribution is 6.32. The summed E-state index contributed by atoms with van der Waals surface area (Å²) in [4.78, 5) is 10.2. The van der Waals surface area contributed by atoms with E-state index in [0.29, 0.717) is 23.8 Å². The lowest BCUT2D eigenvalue weighted by atomic mass is 10.3. The quantitative estimate of drug-likeness (QED) is 0.767. The summed E-state index contributed by atoms with van der Waals surface area (Å²) >= 11 is 5.82. The van der Waals surface area contributed by atoms with Gasteiger partial charge in [-0.15, -0.1) is 0 Å². The molecule has 0 spiro atoms. The van der Waals surface area contributed by atoms with Crippen LogP contribution in [0.3, 0.4) is 0 Å². The van der Waals surface area contributed by atoms with Crippen molar-refractivity contribution in [1.82, 2.24) is 0 Å². The minimum absolute atomic E-state index is 0.116. The minimum atomic E-state index is -0.812. The van der Waals surface area contributed by atoms with Crippen molar-refractivity contribution < 1.29 is 14.6 Å². The van der Waals surface area contributed by atoms with Gasteiger partial charge in [0.2, 0.25) is 0 Å². The van der Waals surface area contributed by atoms with Crippen molar-refractivity contribution in [2.24, 2.45) is 0 Å². The highest BCUT2D eigenvalue weighted by Crippen LogP contribution is 2.23. The molecule has 0 atom stereocenters. The second-order valence-corrected chi connectivity index (χ2v) is 3.18. The average molecular weight is 215 g/mol. The van der Waals surface area contributed by atoms with E-state index in [4.69, 9.17) is 21.4 Å². The Bertz CT molecular complexity index is 312. The van der Waals surface area contributed by atoms with E-state index in [2.05, 4.69) is 0 Å². The summed E-state index contributed by atoms with van der Waals surface area (Å²) in [6.45, 7) is 0.371. The van der Waals surface area contributed by atoms with Gasteiger partial charge in [-0.25, -0.2) is 0 Å². The number of para-hydroxylation sites is 1. The first-order valence-corrected chi connectivity index (χ1v) is 4.67. The number of halogens is 1. The van der Waals surface area contributed by atoms with Gasteiger partial charge in [0, 0.05) is 6.42 Å². The van der Waals surface area contributed by atoms with Gasteiger partial charge in [0.15, 0.2) is 0 Å². The third-order valence-electron chi connectivity index (χ3n) is 1.63. The van der Waals surface area contributed by atoms with Gasteiger partial charge >= 0.3 is 5.97 Å². The molecule has 0 aliphatic rings. The van der Waals surface area contributed by atoms with Gasteiger partial charge in [-0.05, 0) is 18.6 Å². The van der Waals surface area contributed by atoms with Crippen LogP contribution in [-0.2, 0) is 4.79 Å². The zero-order valence-corrected chi connectivity index (χ0v) is 8.33. The van der Waals surface area contributed by atoms with Gasteiger partial charge in [0.25, 0.3) is 0 Å². The zero-order chi connectivity index (χ0) is 10.4. The Morgan fingerprint density at radius 2 is 2.14 bits per heavy atom. The van der Waals surface area contributed by atoms with Gasteiger partial charge in [-0.2, -0.15) is 0 Å². The molecule has 0 bridgehead atoms. The summed E-state index contributed by atoms with van der Waals surface area (Å²) in [5.41, 5.74) is 0. The molecule has 0 aliphatic heterocycles. The van der Waals surface area contributed by atoms with Crippen molar-refractivity contribution in [3.63, 3.8) is 0 Å². The van der Waals surface area contributed by atoms with Crippen LogP contribution in [0.1, 0.15) is 12.8 Å². The van der Waals surface area contributed by atoms with E-state index >= 15 is 0 Å². The first-order chi connectivity index (χ1) is 6.70. The molecule has 1 aromatic rings. The van der Waals surface area contributed by atoms with Gasteiger partial charge in [0.1, 0.15) is 5.75 Å². The predicted molar refractivity (Wildman–Crippen MR) is 53.8 cm³/mol. The number of rotatable bonds is 5. The van der Waals surface area contributed by atoms with Crippen LogP contribution in [0.2, 0.25) is 5.02 Å². The number of hydrogen-bond donors (Lipinski definition) is 1. The average Bonchev–Trinajstić information content (AvgIpc) is 2.15. The lowest BCUT2D eigenvalue weighted by Crippen LogP contribution is -2.02. The highest BCUT2D eigenvalue weighted by atomic mass is 35.5. The SMILES string of the molecule is O=C(O)CCCOc1ccccc1Cl. The molecular formula is C10H11ClO3. The number of carboxylic acids is 1. The zero-order valence-electron chi connectivity index (χ0n) is 7.57. The number of benzene rings is 1. The smallest absolute Gasteiger partial charge is 0.303 e. The topological polar surface area (TPSA) is 46.5 Å². The summed E-state index contributed by atoms with van der Waals surface area (Å²) < 4.78 is 5.29. The molecule has 76 valence electrons. The van der Waals surface area contributed by atoms with Crippen LogP contribution in [-0.4, -0.2) is 17.7 Å². The van der Waals surface area contributed by atoms with Crippen molar-refractivity contribution in [1.29, 1.82) is 0 Å². The molecule has 1 rings (SSSR count). The molecule has 0 saturated heterocycles. The van der Waals surface area contributed by atoms with Crippen LogP contribution in [0.4, 0.5) is 0 Å². The third kappa shape index (κ3) is 3.66. The van der Waals surface area contributed by atoms with Crippen LogP contribution >= 0.6 is 11.6 Å². The first kappa shape index (κ1) is 10.9. The van der Waals surface area contributed by atoms with E-state index in [9.17, 15) is 4.79 Å². The molecule has 0 fully saturated rings. The highest BCUT2D eigenvalue weighted by Gasteiger charge is 2.00. The van der Waals surface area contributed by atoms with Gasteiger partial charge < -0.3 is 9.84 Å². The van der Waals surface area contributed by atoms with E-state index in [1.54, 1.807) is 12.1 Å². The van der Waals surface area contributed by atoms with Crippen LogP contribution in [0, 0.1) is 0 Å². The van der Waals surface area contributed by atoms with E-state index < -0.39 is 5.97 Å². The molecule has 1 N–H and O–H groups in total. The number of carbonyl (C=O) groups is 1. The Balaban J connectivity index is 2.31. The molecule has 0 amide bonds. The second kappa shape index (κ2) is 5.50.